The Morgan fingerprint density at radius 1 is 1.29 bits per heavy atom. The van der Waals surface area contributed by atoms with Crippen molar-refractivity contribution < 1.29 is 19.4 Å². The number of para-hydroxylation sites is 1. The fraction of sp³-hybridized carbons (Fsp3) is 0.375. The lowest BCUT2D eigenvalue weighted by molar-refractivity contribution is -0.145. The third kappa shape index (κ3) is 4.95. The zero-order valence-electron chi connectivity index (χ0n) is 12.8. The summed E-state index contributed by atoms with van der Waals surface area (Å²) in [6.07, 6.45) is 2.99. The highest BCUT2D eigenvalue weighted by atomic mass is 16.5. The van der Waals surface area contributed by atoms with Gasteiger partial charge in [-0.15, -0.1) is 0 Å². The first-order valence-electron chi connectivity index (χ1n) is 6.60. The maximum atomic E-state index is 12.2. The number of carboxylic acid groups (broad SMARTS) is 1. The summed E-state index contributed by atoms with van der Waals surface area (Å²) in [6.45, 7) is 5.05. The highest BCUT2D eigenvalue weighted by Crippen LogP contribution is 2.19. The van der Waals surface area contributed by atoms with Crippen LogP contribution in [0.5, 0.6) is 5.75 Å². The van der Waals surface area contributed by atoms with E-state index in [2.05, 4.69) is 0 Å². The second-order valence-corrected chi connectivity index (χ2v) is 5.56. The van der Waals surface area contributed by atoms with Gasteiger partial charge in [0.05, 0.1) is 7.11 Å². The van der Waals surface area contributed by atoms with Crippen LogP contribution >= 0.6 is 0 Å². The Labute approximate surface area is 124 Å². The van der Waals surface area contributed by atoms with E-state index in [1.54, 1.807) is 40.0 Å². The van der Waals surface area contributed by atoms with E-state index in [1.807, 2.05) is 18.2 Å². The lowest BCUT2D eigenvalue weighted by Gasteiger charge is -2.33. The molecule has 0 heterocycles. The molecule has 1 amide bonds. The van der Waals surface area contributed by atoms with Crippen molar-refractivity contribution in [3.63, 3.8) is 0 Å². The standard InChI is InChI=1S/C16H21NO4/c1-16(2,3)17(11-15(19)20)14(18)10-9-12-7-5-6-8-13(12)21-4/h5-10H,11H2,1-4H3,(H,19,20). The van der Waals surface area contributed by atoms with Crippen LogP contribution in [-0.4, -0.2) is 41.1 Å². The van der Waals surface area contributed by atoms with E-state index >= 15 is 0 Å². The number of carboxylic acids is 1. The van der Waals surface area contributed by atoms with Crippen molar-refractivity contribution in [3.8, 4) is 5.75 Å². The van der Waals surface area contributed by atoms with Gasteiger partial charge in [-0.3, -0.25) is 9.59 Å². The minimum absolute atomic E-state index is 0.335. The lowest BCUT2D eigenvalue weighted by Crippen LogP contribution is -2.47. The van der Waals surface area contributed by atoms with E-state index < -0.39 is 11.5 Å². The molecule has 0 atom stereocenters. The topological polar surface area (TPSA) is 66.8 Å². The molecule has 0 saturated heterocycles. The molecular weight excluding hydrogens is 270 g/mol. The summed E-state index contributed by atoms with van der Waals surface area (Å²) in [6, 6.07) is 7.29. The fourth-order valence-electron chi connectivity index (χ4n) is 1.84. The van der Waals surface area contributed by atoms with Crippen LogP contribution in [0, 0.1) is 0 Å². The molecule has 5 heteroatoms. The SMILES string of the molecule is COc1ccccc1C=CC(=O)N(CC(=O)O)C(C)(C)C. The van der Waals surface area contributed by atoms with Crippen LogP contribution < -0.4 is 4.74 Å². The summed E-state index contributed by atoms with van der Waals surface area (Å²) in [4.78, 5) is 24.4. The molecule has 0 fully saturated rings. The van der Waals surface area contributed by atoms with Crippen molar-refractivity contribution in [2.45, 2.75) is 26.3 Å². The smallest absolute Gasteiger partial charge is 0.323 e. The first kappa shape index (κ1) is 16.8. The number of carbonyl (C=O) groups is 2. The Morgan fingerprint density at radius 3 is 2.43 bits per heavy atom. The van der Waals surface area contributed by atoms with Gasteiger partial charge in [-0.2, -0.15) is 0 Å². The molecule has 114 valence electrons. The van der Waals surface area contributed by atoms with Gasteiger partial charge >= 0.3 is 5.97 Å². The van der Waals surface area contributed by atoms with E-state index in [9.17, 15) is 9.59 Å². The van der Waals surface area contributed by atoms with Crippen LogP contribution in [0.1, 0.15) is 26.3 Å². The number of amides is 1. The van der Waals surface area contributed by atoms with Crippen LogP contribution in [0.15, 0.2) is 30.3 Å². The number of carbonyl (C=O) groups excluding carboxylic acids is 1. The zero-order chi connectivity index (χ0) is 16.0. The minimum atomic E-state index is -1.04. The molecular formula is C16H21NO4. The molecule has 1 rings (SSSR count). The van der Waals surface area contributed by atoms with Gasteiger partial charge in [0.1, 0.15) is 12.3 Å². The summed E-state index contributed by atoms with van der Waals surface area (Å²) < 4.78 is 5.20. The predicted octanol–water partition coefficient (Wildman–Crippen LogP) is 2.42. The Balaban J connectivity index is 2.95. The van der Waals surface area contributed by atoms with Crippen molar-refractivity contribution >= 4 is 18.0 Å². The number of ether oxygens (including phenoxy) is 1. The first-order chi connectivity index (χ1) is 9.75. The van der Waals surface area contributed by atoms with Crippen LogP contribution in [0.3, 0.4) is 0 Å². The number of methoxy groups -OCH3 is 1. The second kappa shape index (κ2) is 6.92. The molecule has 1 N–H and O–H groups in total. The van der Waals surface area contributed by atoms with E-state index in [0.717, 1.165) is 5.56 Å². The monoisotopic (exact) mass is 291 g/mol. The molecule has 1 aromatic rings. The largest absolute Gasteiger partial charge is 0.496 e. The molecule has 0 bridgehead atoms. The van der Waals surface area contributed by atoms with Gasteiger partial charge in [-0.05, 0) is 32.9 Å². The lowest BCUT2D eigenvalue weighted by atomic mass is 10.1. The van der Waals surface area contributed by atoms with Crippen molar-refractivity contribution in [3.05, 3.63) is 35.9 Å². The molecule has 0 aliphatic rings. The molecule has 1 aromatic carbocycles. The van der Waals surface area contributed by atoms with Gasteiger partial charge < -0.3 is 14.7 Å². The summed E-state index contributed by atoms with van der Waals surface area (Å²) in [5.41, 5.74) is 0.193. The summed E-state index contributed by atoms with van der Waals surface area (Å²) in [5, 5.41) is 8.93. The predicted molar refractivity (Wildman–Crippen MR) is 81.1 cm³/mol. The third-order valence-corrected chi connectivity index (χ3v) is 2.91. The molecule has 21 heavy (non-hydrogen) atoms. The van der Waals surface area contributed by atoms with Crippen LogP contribution in [0.25, 0.3) is 6.08 Å². The van der Waals surface area contributed by atoms with Crippen molar-refractivity contribution in [2.24, 2.45) is 0 Å². The van der Waals surface area contributed by atoms with E-state index in [0.29, 0.717) is 5.75 Å². The number of hydrogen-bond donors (Lipinski definition) is 1. The maximum absolute atomic E-state index is 12.2. The zero-order valence-corrected chi connectivity index (χ0v) is 12.8. The number of benzene rings is 1. The van der Waals surface area contributed by atoms with Gasteiger partial charge in [0, 0.05) is 17.2 Å². The fourth-order valence-corrected chi connectivity index (χ4v) is 1.84. The molecule has 5 nitrogen and oxygen atoms in total. The summed E-state index contributed by atoms with van der Waals surface area (Å²) >= 11 is 0. The van der Waals surface area contributed by atoms with Crippen LogP contribution in [0.2, 0.25) is 0 Å². The number of rotatable bonds is 5. The molecule has 0 saturated carbocycles. The number of aliphatic carboxylic acids is 1. The van der Waals surface area contributed by atoms with Gasteiger partial charge in [0.2, 0.25) is 5.91 Å². The molecule has 0 aliphatic carbocycles. The summed E-state index contributed by atoms with van der Waals surface area (Å²) in [5.74, 6) is -0.734. The van der Waals surface area contributed by atoms with Crippen molar-refractivity contribution in [1.82, 2.24) is 4.90 Å². The molecule has 0 aliphatic heterocycles. The average molecular weight is 291 g/mol. The highest BCUT2D eigenvalue weighted by Gasteiger charge is 2.26. The van der Waals surface area contributed by atoms with Gasteiger partial charge in [0.25, 0.3) is 0 Å². The quantitative estimate of drug-likeness (QED) is 0.846. The second-order valence-electron chi connectivity index (χ2n) is 5.56. The minimum Gasteiger partial charge on any atom is -0.496 e. The van der Waals surface area contributed by atoms with Crippen LogP contribution in [0.4, 0.5) is 0 Å². The van der Waals surface area contributed by atoms with E-state index in [-0.39, 0.29) is 12.5 Å². The van der Waals surface area contributed by atoms with Gasteiger partial charge in [-0.25, -0.2) is 0 Å². The normalized spacial score (nSPS) is 11.4. The summed E-state index contributed by atoms with van der Waals surface area (Å²) in [7, 11) is 1.56. The maximum Gasteiger partial charge on any atom is 0.323 e. The average Bonchev–Trinajstić information content (AvgIpc) is 2.41. The Hall–Kier alpha value is -2.30. The van der Waals surface area contributed by atoms with Gasteiger partial charge in [-0.1, -0.05) is 18.2 Å². The van der Waals surface area contributed by atoms with Crippen LogP contribution in [-0.2, 0) is 9.59 Å². The Bertz CT molecular complexity index is 543. The van der Waals surface area contributed by atoms with Crippen molar-refractivity contribution in [2.75, 3.05) is 13.7 Å². The highest BCUT2D eigenvalue weighted by molar-refractivity contribution is 5.94. The molecule has 0 radical (unpaired) electrons. The number of nitrogens with zero attached hydrogens (tertiary/aromatic N) is 1. The van der Waals surface area contributed by atoms with E-state index in [1.165, 1.54) is 11.0 Å². The Kier molecular flexibility index (Phi) is 5.52. The molecule has 0 spiro atoms. The van der Waals surface area contributed by atoms with Gasteiger partial charge in [0.15, 0.2) is 0 Å². The van der Waals surface area contributed by atoms with E-state index in [4.69, 9.17) is 9.84 Å². The number of hydrogen-bond acceptors (Lipinski definition) is 3. The molecule has 0 unspecified atom stereocenters. The Morgan fingerprint density at radius 2 is 1.90 bits per heavy atom. The third-order valence-electron chi connectivity index (χ3n) is 2.91. The first-order valence-corrected chi connectivity index (χ1v) is 6.60. The van der Waals surface area contributed by atoms with Crippen molar-refractivity contribution in [1.29, 1.82) is 0 Å². The molecule has 0 aromatic heterocycles.